The van der Waals surface area contributed by atoms with Gasteiger partial charge in [0.15, 0.2) is 0 Å². The SMILES string of the molecule is O=C1CC[C@]2(CCCN(c3ncccn3)C2)N1Cc1cccnc1. The zero-order chi connectivity index (χ0) is 16.4. The van der Waals surface area contributed by atoms with Crippen LogP contribution in [0.15, 0.2) is 43.0 Å². The fraction of sp³-hybridized carbons (Fsp3) is 0.444. The number of rotatable bonds is 3. The number of nitrogens with zero attached hydrogens (tertiary/aromatic N) is 5. The first kappa shape index (κ1) is 15.1. The van der Waals surface area contributed by atoms with E-state index in [4.69, 9.17) is 0 Å². The molecule has 24 heavy (non-hydrogen) atoms. The smallest absolute Gasteiger partial charge is 0.225 e. The third kappa shape index (κ3) is 2.72. The minimum Gasteiger partial charge on any atom is -0.338 e. The molecule has 2 fully saturated rings. The zero-order valence-corrected chi connectivity index (χ0v) is 13.6. The monoisotopic (exact) mass is 323 g/mol. The van der Waals surface area contributed by atoms with Crippen molar-refractivity contribution in [3.63, 3.8) is 0 Å². The first-order valence-electron chi connectivity index (χ1n) is 8.48. The molecule has 4 heterocycles. The summed E-state index contributed by atoms with van der Waals surface area (Å²) in [4.78, 5) is 29.8. The Bertz CT molecular complexity index is 708. The maximum Gasteiger partial charge on any atom is 0.225 e. The predicted molar refractivity (Wildman–Crippen MR) is 90.2 cm³/mol. The fourth-order valence-corrected chi connectivity index (χ4v) is 3.97. The predicted octanol–water partition coefficient (Wildman–Crippen LogP) is 2.03. The van der Waals surface area contributed by atoms with Crippen molar-refractivity contribution in [2.45, 2.75) is 37.8 Å². The lowest BCUT2D eigenvalue weighted by Gasteiger charge is -2.46. The number of hydrogen-bond acceptors (Lipinski definition) is 5. The van der Waals surface area contributed by atoms with Gasteiger partial charge in [-0.1, -0.05) is 6.07 Å². The maximum atomic E-state index is 12.6. The summed E-state index contributed by atoms with van der Waals surface area (Å²) in [6.45, 7) is 2.39. The van der Waals surface area contributed by atoms with Crippen molar-refractivity contribution in [2.75, 3.05) is 18.0 Å². The Labute approximate surface area is 141 Å². The van der Waals surface area contributed by atoms with Crippen LogP contribution in [0.1, 0.15) is 31.2 Å². The molecule has 0 bridgehead atoms. The lowest BCUT2D eigenvalue weighted by Crippen LogP contribution is -2.56. The summed E-state index contributed by atoms with van der Waals surface area (Å²) in [7, 11) is 0. The largest absolute Gasteiger partial charge is 0.338 e. The molecule has 2 saturated heterocycles. The first-order valence-corrected chi connectivity index (χ1v) is 8.48. The van der Waals surface area contributed by atoms with Crippen molar-refractivity contribution < 1.29 is 4.79 Å². The van der Waals surface area contributed by atoms with Crippen LogP contribution < -0.4 is 4.90 Å². The first-order chi connectivity index (χ1) is 11.8. The third-order valence-electron chi connectivity index (χ3n) is 5.13. The maximum absolute atomic E-state index is 12.6. The number of amides is 1. The van der Waals surface area contributed by atoms with Crippen molar-refractivity contribution >= 4 is 11.9 Å². The average Bonchev–Trinajstić information content (AvgIpc) is 2.93. The number of likely N-dealkylation sites (tertiary alicyclic amines) is 1. The number of anilines is 1. The van der Waals surface area contributed by atoms with Gasteiger partial charge in [-0.3, -0.25) is 9.78 Å². The van der Waals surface area contributed by atoms with Gasteiger partial charge >= 0.3 is 0 Å². The van der Waals surface area contributed by atoms with Crippen LogP contribution in [0.3, 0.4) is 0 Å². The van der Waals surface area contributed by atoms with E-state index in [2.05, 4.69) is 24.8 Å². The number of hydrogen-bond donors (Lipinski definition) is 0. The highest BCUT2D eigenvalue weighted by Gasteiger charge is 2.47. The highest BCUT2D eigenvalue weighted by Crippen LogP contribution is 2.39. The molecule has 124 valence electrons. The van der Waals surface area contributed by atoms with E-state index in [9.17, 15) is 4.79 Å². The molecule has 0 N–H and O–H groups in total. The van der Waals surface area contributed by atoms with Gasteiger partial charge in [-0.2, -0.15) is 0 Å². The summed E-state index contributed by atoms with van der Waals surface area (Å²) >= 11 is 0. The van der Waals surface area contributed by atoms with Crippen LogP contribution in [0.5, 0.6) is 0 Å². The van der Waals surface area contributed by atoms with Crippen LogP contribution in [0.25, 0.3) is 0 Å². The fourth-order valence-electron chi connectivity index (χ4n) is 3.97. The van der Waals surface area contributed by atoms with Gasteiger partial charge in [-0.25, -0.2) is 9.97 Å². The van der Waals surface area contributed by atoms with E-state index < -0.39 is 0 Å². The molecule has 2 aromatic heterocycles. The Balaban J connectivity index is 1.59. The highest BCUT2D eigenvalue weighted by molar-refractivity contribution is 5.80. The molecule has 0 aliphatic carbocycles. The van der Waals surface area contributed by atoms with Crippen molar-refractivity contribution in [3.05, 3.63) is 48.5 Å². The van der Waals surface area contributed by atoms with Gasteiger partial charge in [0.05, 0.1) is 5.54 Å². The highest BCUT2D eigenvalue weighted by atomic mass is 16.2. The summed E-state index contributed by atoms with van der Waals surface area (Å²) in [5.41, 5.74) is 0.977. The molecule has 1 atom stereocenters. The summed E-state index contributed by atoms with van der Waals surface area (Å²) in [6.07, 6.45) is 10.8. The van der Waals surface area contributed by atoms with Crippen molar-refractivity contribution in [3.8, 4) is 0 Å². The van der Waals surface area contributed by atoms with Crippen LogP contribution in [-0.2, 0) is 11.3 Å². The zero-order valence-electron chi connectivity index (χ0n) is 13.6. The Morgan fingerprint density at radius 1 is 1.12 bits per heavy atom. The summed E-state index contributed by atoms with van der Waals surface area (Å²) < 4.78 is 0. The third-order valence-corrected chi connectivity index (χ3v) is 5.13. The number of pyridine rings is 1. The Hall–Kier alpha value is -2.50. The molecule has 4 rings (SSSR count). The summed E-state index contributed by atoms with van der Waals surface area (Å²) in [5, 5.41) is 0. The standard InChI is InChI=1S/C18H21N5O/c24-16-5-7-18(23(16)13-15-4-1-8-19-12-15)6-2-11-22(14-18)17-20-9-3-10-21-17/h1,3-4,8-10,12H,2,5-7,11,13-14H2/t18-/m0/s1. The van der Waals surface area contributed by atoms with Gasteiger partial charge in [-0.15, -0.1) is 0 Å². The second-order valence-corrected chi connectivity index (χ2v) is 6.64. The number of aromatic nitrogens is 3. The second-order valence-electron chi connectivity index (χ2n) is 6.64. The van der Waals surface area contributed by atoms with Gasteiger partial charge < -0.3 is 9.80 Å². The molecule has 0 radical (unpaired) electrons. The molecule has 2 aromatic rings. The van der Waals surface area contributed by atoms with Crippen molar-refractivity contribution in [2.24, 2.45) is 0 Å². The molecule has 1 amide bonds. The topological polar surface area (TPSA) is 62.2 Å². The van der Waals surface area contributed by atoms with Gasteiger partial charge in [0, 0.05) is 50.8 Å². The van der Waals surface area contributed by atoms with Crippen LogP contribution >= 0.6 is 0 Å². The lowest BCUT2D eigenvalue weighted by molar-refractivity contribution is -0.132. The van der Waals surface area contributed by atoms with Gasteiger partial charge in [-0.05, 0) is 37.0 Å². The number of carbonyl (C=O) groups is 1. The lowest BCUT2D eigenvalue weighted by atomic mass is 9.86. The van der Waals surface area contributed by atoms with Crippen molar-refractivity contribution in [1.29, 1.82) is 0 Å². The van der Waals surface area contributed by atoms with Crippen LogP contribution in [0.4, 0.5) is 5.95 Å². The van der Waals surface area contributed by atoms with E-state index in [0.29, 0.717) is 13.0 Å². The van der Waals surface area contributed by atoms with E-state index in [1.54, 1.807) is 18.6 Å². The number of carbonyl (C=O) groups excluding carboxylic acids is 1. The van der Waals surface area contributed by atoms with Gasteiger partial charge in [0.1, 0.15) is 0 Å². The molecule has 0 saturated carbocycles. The molecule has 2 aliphatic heterocycles. The normalized spacial score (nSPS) is 23.9. The molecule has 1 spiro atoms. The summed E-state index contributed by atoms with van der Waals surface area (Å²) in [5.74, 6) is 1.01. The molecular formula is C18H21N5O. The Morgan fingerprint density at radius 3 is 2.79 bits per heavy atom. The van der Waals surface area contributed by atoms with E-state index in [-0.39, 0.29) is 11.4 Å². The molecule has 2 aliphatic rings. The Morgan fingerprint density at radius 2 is 2.00 bits per heavy atom. The minimum atomic E-state index is -0.107. The molecule has 6 nitrogen and oxygen atoms in total. The second kappa shape index (κ2) is 6.19. The van der Waals surface area contributed by atoms with Crippen molar-refractivity contribution in [1.82, 2.24) is 19.9 Å². The van der Waals surface area contributed by atoms with Crippen LogP contribution in [-0.4, -0.2) is 44.4 Å². The average molecular weight is 323 g/mol. The van der Waals surface area contributed by atoms with Gasteiger partial charge in [0.25, 0.3) is 0 Å². The van der Waals surface area contributed by atoms with E-state index in [0.717, 1.165) is 43.9 Å². The quantitative estimate of drug-likeness (QED) is 0.865. The summed E-state index contributed by atoms with van der Waals surface area (Å²) in [6, 6.07) is 5.79. The van der Waals surface area contributed by atoms with E-state index in [1.807, 2.05) is 24.4 Å². The molecule has 0 aromatic carbocycles. The molecule has 0 unspecified atom stereocenters. The van der Waals surface area contributed by atoms with Gasteiger partial charge in [0.2, 0.25) is 11.9 Å². The Kier molecular flexibility index (Phi) is 3.88. The molecule has 6 heteroatoms. The number of piperidine rings is 1. The van der Waals surface area contributed by atoms with Crippen LogP contribution in [0, 0.1) is 0 Å². The van der Waals surface area contributed by atoms with E-state index in [1.165, 1.54) is 0 Å². The van der Waals surface area contributed by atoms with Crippen LogP contribution in [0.2, 0.25) is 0 Å². The van der Waals surface area contributed by atoms with E-state index >= 15 is 0 Å². The minimum absolute atomic E-state index is 0.107. The molecular weight excluding hydrogens is 302 g/mol.